The zero-order valence-corrected chi connectivity index (χ0v) is 15.2. The summed E-state index contributed by atoms with van der Waals surface area (Å²) < 4.78 is 10.1. The number of aromatic nitrogens is 2. The molecule has 25 heavy (non-hydrogen) atoms. The van der Waals surface area contributed by atoms with Crippen molar-refractivity contribution in [2.45, 2.75) is 52.7 Å². The topological polar surface area (TPSA) is 153 Å². The molecule has 1 aromatic rings. The summed E-state index contributed by atoms with van der Waals surface area (Å²) in [6.07, 6.45) is -1.57. The van der Waals surface area contributed by atoms with E-state index in [2.05, 4.69) is 20.8 Å². The molecule has 10 nitrogen and oxygen atoms in total. The Morgan fingerprint density at radius 1 is 0.960 bits per heavy atom. The standard InChI is InChI=1S/C15H24N6O4/c1-14(2,3)24-12(22)18-10(16)8-7-9(21-20-8)11(17)19-13(23)25-15(4,5)6/h7H,1-6H3,(H,20,21)(H2,16,18,22)(H2,17,19,23). The number of ether oxygens (including phenoxy) is 2. The lowest BCUT2D eigenvalue weighted by Gasteiger charge is -2.19. The molecule has 0 saturated heterocycles. The fourth-order valence-corrected chi connectivity index (χ4v) is 1.52. The van der Waals surface area contributed by atoms with Gasteiger partial charge in [-0.05, 0) is 47.6 Å². The number of hydrogen-bond donors (Lipinski definition) is 5. The summed E-state index contributed by atoms with van der Waals surface area (Å²) >= 11 is 0. The van der Waals surface area contributed by atoms with Crippen molar-refractivity contribution in [3.05, 3.63) is 17.5 Å². The minimum Gasteiger partial charge on any atom is -0.444 e. The Kier molecular flexibility index (Phi) is 5.90. The minimum absolute atomic E-state index is 0.0802. The molecule has 2 amide bonds. The Hall–Kier alpha value is -2.91. The minimum atomic E-state index is -0.788. The number of nitrogens with zero attached hydrogens (tertiary/aromatic N) is 1. The number of alkyl carbamates (subject to hydrolysis) is 2. The molecule has 0 aliphatic heterocycles. The number of aromatic amines is 1. The Balaban J connectivity index is 2.66. The maximum atomic E-state index is 11.6. The van der Waals surface area contributed by atoms with Crippen LogP contribution in [0.25, 0.3) is 0 Å². The van der Waals surface area contributed by atoms with Gasteiger partial charge in [0.15, 0.2) is 11.7 Å². The maximum Gasteiger partial charge on any atom is 0.413 e. The van der Waals surface area contributed by atoms with Crippen molar-refractivity contribution < 1.29 is 19.1 Å². The van der Waals surface area contributed by atoms with E-state index in [0.717, 1.165) is 0 Å². The molecule has 0 spiro atoms. The summed E-state index contributed by atoms with van der Waals surface area (Å²) in [5.74, 6) is -0.583. The Bertz CT molecular complexity index is 624. The number of nitrogens with one attached hydrogen (secondary N) is 5. The van der Waals surface area contributed by atoms with E-state index in [9.17, 15) is 9.59 Å². The van der Waals surface area contributed by atoms with Crippen LogP contribution >= 0.6 is 0 Å². The van der Waals surface area contributed by atoms with Gasteiger partial charge in [-0.3, -0.25) is 26.6 Å². The molecule has 1 heterocycles. The summed E-state index contributed by atoms with van der Waals surface area (Å²) in [6, 6.07) is 1.33. The van der Waals surface area contributed by atoms with Crippen molar-refractivity contribution in [1.29, 1.82) is 10.8 Å². The van der Waals surface area contributed by atoms with Gasteiger partial charge in [-0.25, -0.2) is 9.59 Å². The first-order chi connectivity index (χ1) is 11.3. The van der Waals surface area contributed by atoms with E-state index in [4.69, 9.17) is 20.3 Å². The van der Waals surface area contributed by atoms with E-state index in [1.165, 1.54) is 6.07 Å². The van der Waals surface area contributed by atoms with Crippen LogP contribution in [0, 0.1) is 10.8 Å². The van der Waals surface area contributed by atoms with E-state index in [-0.39, 0.29) is 23.1 Å². The molecular weight excluding hydrogens is 328 g/mol. The van der Waals surface area contributed by atoms with E-state index >= 15 is 0 Å². The number of amidine groups is 2. The number of carbonyl (C=O) groups is 2. The lowest BCUT2D eigenvalue weighted by molar-refractivity contribution is 0.0551. The van der Waals surface area contributed by atoms with Crippen molar-refractivity contribution in [2.24, 2.45) is 0 Å². The van der Waals surface area contributed by atoms with Gasteiger partial charge < -0.3 is 9.47 Å². The van der Waals surface area contributed by atoms with E-state index in [1.807, 2.05) is 0 Å². The zero-order valence-electron chi connectivity index (χ0n) is 15.2. The third-order valence-corrected chi connectivity index (χ3v) is 2.36. The number of amides is 2. The predicted molar refractivity (Wildman–Crippen MR) is 91.0 cm³/mol. The van der Waals surface area contributed by atoms with Crippen molar-refractivity contribution in [3.8, 4) is 0 Å². The third kappa shape index (κ3) is 7.46. The predicted octanol–water partition coefficient (Wildman–Crippen LogP) is 2.11. The fraction of sp³-hybridized carbons (Fsp3) is 0.533. The molecule has 0 saturated carbocycles. The van der Waals surface area contributed by atoms with Crippen LogP contribution in [0.1, 0.15) is 52.9 Å². The van der Waals surface area contributed by atoms with Crippen LogP contribution in [0.15, 0.2) is 6.07 Å². The lowest BCUT2D eigenvalue weighted by Crippen LogP contribution is -2.36. The fourth-order valence-electron chi connectivity index (χ4n) is 1.52. The summed E-state index contributed by atoms with van der Waals surface area (Å²) in [7, 11) is 0. The Morgan fingerprint density at radius 3 is 1.84 bits per heavy atom. The first-order valence-electron chi connectivity index (χ1n) is 7.50. The Morgan fingerprint density at radius 2 is 1.40 bits per heavy atom. The van der Waals surface area contributed by atoms with Crippen molar-refractivity contribution in [2.75, 3.05) is 0 Å². The second-order valence-electron chi connectivity index (χ2n) is 7.17. The van der Waals surface area contributed by atoms with Crippen LogP contribution in [-0.4, -0.2) is 45.3 Å². The van der Waals surface area contributed by atoms with Crippen LogP contribution in [0.2, 0.25) is 0 Å². The molecule has 5 N–H and O–H groups in total. The van der Waals surface area contributed by atoms with Gasteiger partial charge in [0.05, 0.1) is 0 Å². The highest BCUT2D eigenvalue weighted by atomic mass is 16.6. The van der Waals surface area contributed by atoms with E-state index in [0.29, 0.717) is 0 Å². The number of hydrogen-bond acceptors (Lipinski definition) is 7. The summed E-state index contributed by atoms with van der Waals surface area (Å²) in [6.45, 7) is 10.2. The molecule has 138 valence electrons. The van der Waals surface area contributed by atoms with E-state index in [1.54, 1.807) is 41.5 Å². The van der Waals surface area contributed by atoms with Gasteiger partial charge in [-0.2, -0.15) is 5.10 Å². The van der Waals surface area contributed by atoms with Crippen molar-refractivity contribution >= 4 is 23.9 Å². The van der Waals surface area contributed by atoms with Gasteiger partial charge in [0.2, 0.25) is 0 Å². The highest BCUT2D eigenvalue weighted by Gasteiger charge is 2.20. The van der Waals surface area contributed by atoms with Crippen LogP contribution in [0.4, 0.5) is 9.59 Å². The number of carbonyl (C=O) groups excluding carboxylic acids is 2. The first kappa shape index (κ1) is 20.1. The molecule has 0 bridgehead atoms. The number of H-pyrrole nitrogens is 1. The molecule has 0 atom stereocenters. The van der Waals surface area contributed by atoms with Crippen LogP contribution < -0.4 is 10.6 Å². The average molecular weight is 352 g/mol. The van der Waals surface area contributed by atoms with Gasteiger partial charge in [0, 0.05) is 0 Å². The maximum absolute atomic E-state index is 11.6. The largest absolute Gasteiger partial charge is 0.444 e. The molecule has 0 fully saturated rings. The van der Waals surface area contributed by atoms with Gasteiger partial charge in [0.25, 0.3) is 0 Å². The summed E-state index contributed by atoms with van der Waals surface area (Å²) in [5, 5.41) is 26.4. The van der Waals surface area contributed by atoms with Crippen LogP contribution in [-0.2, 0) is 9.47 Å². The molecule has 1 rings (SSSR count). The normalized spacial score (nSPS) is 11.4. The second kappa shape index (κ2) is 7.32. The summed E-state index contributed by atoms with van der Waals surface area (Å²) in [4.78, 5) is 23.3. The smallest absolute Gasteiger partial charge is 0.413 e. The van der Waals surface area contributed by atoms with Crippen molar-refractivity contribution in [3.63, 3.8) is 0 Å². The van der Waals surface area contributed by atoms with Crippen LogP contribution in [0.3, 0.4) is 0 Å². The van der Waals surface area contributed by atoms with Gasteiger partial charge in [-0.15, -0.1) is 0 Å². The third-order valence-electron chi connectivity index (χ3n) is 2.36. The molecule has 1 aromatic heterocycles. The van der Waals surface area contributed by atoms with Gasteiger partial charge >= 0.3 is 12.2 Å². The molecule has 0 unspecified atom stereocenters. The molecule has 0 aliphatic rings. The van der Waals surface area contributed by atoms with Crippen LogP contribution in [0.5, 0.6) is 0 Å². The van der Waals surface area contributed by atoms with E-state index < -0.39 is 23.4 Å². The molecule has 10 heteroatoms. The van der Waals surface area contributed by atoms with Gasteiger partial charge in [-0.1, -0.05) is 0 Å². The van der Waals surface area contributed by atoms with Gasteiger partial charge in [0.1, 0.15) is 22.6 Å². The molecule has 0 aromatic carbocycles. The molecular formula is C15H24N6O4. The molecule has 0 aliphatic carbocycles. The lowest BCUT2D eigenvalue weighted by atomic mass is 10.2. The zero-order chi connectivity index (χ0) is 19.4. The second-order valence-corrected chi connectivity index (χ2v) is 7.17. The monoisotopic (exact) mass is 352 g/mol. The SMILES string of the molecule is CC(C)(C)OC(=O)NC(=N)c1cc(C(=N)NC(=O)OC(C)(C)C)[nH]n1. The quantitative estimate of drug-likeness (QED) is 0.407. The molecule has 0 radical (unpaired) electrons. The highest BCUT2D eigenvalue weighted by Crippen LogP contribution is 2.08. The Labute approximate surface area is 145 Å². The number of rotatable bonds is 2. The first-order valence-corrected chi connectivity index (χ1v) is 7.50. The summed E-state index contributed by atoms with van der Waals surface area (Å²) in [5.41, 5.74) is -1.16. The average Bonchev–Trinajstić information content (AvgIpc) is 2.82. The highest BCUT2D eigenvalue weighted by molar-refractivity contribution is 6.07. The van der Waals surface area contributed by atoms with Crippen molar-refractivity contribution in [1.82, 2.24) is 20.8 Å².